The fourth-order valence-electron chi connectivity index (χ4n) is 2.67. The molecule has 30 heavy (non-hydrogen) atoms. The van der Waals surface area contributed by atoms with Gasteiger partial charge in [0.2, 0.25) is 0 Å². The third kappa shape index (κ3) is 6.22. The van der Waals surface area contributed by atoms with Crippen LogP contribution >= 0.6 is 11.6 Å². The summed E-state index contributed by atoms with van der Waals surface area (Å²) in [7, 11) is 3.08. The molecule has 8 heteroatoms. The lowest BCUT2D eigenvalue weighted by Gasteiger charge is -2.21. The van der Waals surface area contributed by atoms with E-state index in [0.717, 1.165) is 11.6 Å². The highest BCUT2D eigenvalue weighted by molar-refractivity contribution is 6.32. The highest BCUT2D eigenvalue weighted by Gasteiger charge is 2.15. The van der Waals surface area contributed by atoms with E-state index in [4.69, 9.17) is 25.8 Å². The first-order valence-corrected chi connectivity index (χ1v) is 9.54. The first-order chi connectivity index (χ1) is 14.4. The number of carbonyl (C=O) groups excluding carboxylic acids is 2. The van der Waals surface area contributed by atoms with Crippen molar-refractivity contribution in [1.29, 1.82) is 0 Å². The predicted molar refractivity (Wildman–Crippen MR) is 112 cm³/mol. The highest BCUT2D eigenvalue weighted by atomic mass is 35.5. The van der Waals surface area contributed by atoms with Gasteiger partial charge < -0.3 is 19.1 Å². The van der Waals surface area contributed by atoms with Gasteiger partial charge in [-0.25, -0.2) is 9.18 Å². The van der Waals surface area contributed by atoms with E-state index in [0.29, 0.717) is 24.6 Å². The highest BCUT2D eigenvalue weighted by Crippen LogP contribution is 2.28. The Morgan fingerprint density at radius 3 is 2.50 bits per heavy atom. The zero-order valence-electron chi connectivity index (χ0n) is 17.0. The van der Waals surface area contributed by atoms with Gasteiger partial charge in [-0.05, 0) is 42.8 Å². The summed E-state index contributed by atoms with van der Waals surface area (Å²) >= 11 is 5.90. The number of ether oxygens (including phenoxy) is 3. The van der Waals surface area contributed by atoms with Crippen LogP contribution in [0.5, 0.6) is 11.5 Å². The van der Waals surface area contributed by atoms with E-state index in [2.05, 4.69) is 0 Å². The lowest BCUT2D eigenvalue weighted by molar-refractivity contribution is -0.148. The molecule has 0 spiro atoms. The van der Waals surface area contributed by atoms with Gasteiger partial charge in [-0.15, -0.1) is 0 Å². The maximum atomic E-state index is 13.7. The van der Waals surface area contributed by atoms with E-state index in [1.807, 2.05) is 13.0 Å². The van der Waals surface area contributed by atoms with Gasteiger partial charge in [-0.2, -0.15) is 0 Å². The minimum absolute atomic E-state index is 0.0751. The molecule has 0 atom stereocenters. The average molecular weight is 436 g/mol. The molecule has 0 aromatic heterocycles. The van der Waals surface area contributed by atoms with Crippen molar-refractivity contribution in [3.63, 3.8) is 0 Å². The molecule has 0 radical (unpaired) electrons. The van der Waals surface area contributed by atoms with Crippen molar-refractivity contribution in [3.05, 3.63) is 64.4 Å². The maximum absolute atomic E-state index is 13.7. The Hall–Kier alpha value is -3.06. The van der Waals surface area contributed by atoms with Crippen molar-refractivity contribution in [2.75, 3.05) is 27.4 Å². The van der Waals surface area contributed by atoms with Crippen LogP contribution in [0.3, 0.4) is 0 Å². The second-order valence-corrected chi connectivity index (χ2v) is 6.58. The number of benzene rings is 2. The third-order valence-corrected chi connectivity index (χ3v) is 4.61. The molecule has 0 heterocycles. The Balaban J connectivity index is 1.95. The number of amides is 1. The van der Waals surface area contributed by atoms with Crippen molar-refractivity contribution in [2.24, 2.45) is 0 Å². The number of likely N-dealkylation sites (N-methyl/N-ethyl adjacent to an activating group) is 1. The molecule has 6 nitrogen and oxygen atoms in total. The van der Waals surface area contributed by atoms with Crippen LogP contribution in [-0.4, -0.2) is 44.1 Å². The lowest BCUT2D eigenvalue weighted by atomic mass is 10.2. The Morgan fingerprint density at radius 1 is 1.13 bits per heavy atom. The van der Waals surface area contributed by atoms with Gasteiger partial charge in [0.15, 0.2) is 18.1 Å². The van der Waals surface area contributed by atoms with Gasteiger partial charge in [0, 0.05) is 24.7 Å². The molecule has 0 aliphatic carbocycles. The van der Waals surface area contributed by atoms with E-state index in [1.165, 1.54) is 36.3 Å². The van der Waals surface area contributed by atoms with Crippen molar-refractivity contribution in [1.82, 2.24) is 4.90 Å². The minimum Gasteiger partial charge on any atom is -0.493 e. The molecule has 0 unspecified atom stereocenters. The second-order valence-electron chi connectivity index (χ2n) is 6.17. The molecule has 1 amide bonds. The average Bonchev–Trinajstić information content (AvgIpc) is 2.75. The molecule has 0 saturated heterocycles. The Labute approximate surface area is 179 Å². The quantitative estimate of drug-likeness (QED) is 0.438. The number of esters is 1. The van der Waals surface area contributed by atoms with Crippen molar-refractivity contribution >= 4 is 29.6 Å². The van der Waals surface area contributed by atoms with E-state index in [-0.39, 0.29) is 16.5 Å². The second kappa shape index (κ2) is 11.2. The van der Waals surface area contributed by atoms with Crippen LogP contribution in [0.25, 0.3) is 6.08 Å². The van der Waals surface area contributed by atoms with Gasteiger partial charge in [-0.3, -0.25) is 4.79 Å². The van der Waals surface area contributed by atoms with Gasteiger partial charge >= 0.3 is 5.97 Å². The fraction of sp³-hybridized carbons (Fsp3) is 0.273. The molecular formula is C22H23ClFNO5. The van der Waals surface area contributed by atoms with Gasteiger partial charge in [-0.1, -0.05) is 23.7 Å². The summed E-state index contributed by atoms with van der Waals surface area (Å²) in [6.45, 7) is 2.12. The normalized spacial score (nSPS) is 10.7. The third-order valence-electron chi connectivity index (χ3n) is 4.28. The molecule has 2 aromatic rings. The molecule has 160 valence electrons. The smallest absolute Gasteiger partial charge is 0.331 e. The SMILES string of the molecule is CCN(Cc1ccc(OC)c(OC)c1)C(=O)COC(=O)/C=C/c1c(F)cccc1Cl. The van der Waals surface area contributed by atoms with Crippen LogP contribution in [0.4, 0.5) is 4.39 Å². The molecule has 0 aliphatic rings. The van der Waals surface area contributed by atoms with Crippen molar-refractivity contribution < 1.29 is 28.2 Å². The van der Waals surface area contributed by atoms with Crippen LogP contribution in [-0.2, 0) is 20.9 Å². The zero-order valence-corrected chi connectivity index (χ0v) is 17.7. The number of carbonyl (C=O) groups is 2. The van der Waals surface area contributed by atoms with E-state index >= 15 is 0 Å². The minimum atomic E-state index is -0.773. The molecule has 2 rings (SSSR count). The van der Waals surface area contributed by atoms with Gasteiger partial charge in [0.05, 0.1) is 19.2 Å². The fourth-order valence-corrected chi connectivity index (χ4v) is 2.90. The number of hydrogen-bond donors (Lipinski definition) is 0. The van der Waals surface area contributed by atoms with Gasteiger partial charge in [0.25, 0.3) is 5.91 Å². The summed E-state index contributed by atoms with van der Waals surface area (Å²) < 4.78 is 29.2. The topological polar surface area (TPSA) is 65.1 Å². The number of rotatable bonds is 9. The summed E-state index contributed by atoms with van der Waals surface area (Å²) in [5.74, 6) is -0.550. The van der Waals surface area contributed by atoms with Crippen LogP contribution in [0, 0.1) is 5.82 Å². The van der Waals surface area contributed by atoms with Crippen molar-refractivity contribution in [3.8, 4) is 11.5 Å². The summed E-state index contributed by atoms with van der Waals surface area (Å²) in [5.41, 5.74) is 0.911. The molecular weight excluding hydrogens is 413 g/mol. The Morgan fingerprint density at radius 2 is 1.87 bits per heavy atom. The first kappa shape index (κ1) is 23.2. The van der Waals surface area contributed by atoms with Crippen LogP contribution in [0.1, 0.15) is 18.1 Å². The van der Waals surface area contributed by atoms with Gasteiger partial charge in [0.1, 0.15) is 5.82 Å². The monoisotopic (exact) mass is 435 g/mol. The lowest BCUT2D eigenvalue weighted by Crippen LogP contribution is -2.34. The maximum Gasteiger partial charge on any atom is 0.331 e. The molecule has 0 aliphatic heterocycles. The first-order valence-electron chi connectivity index (χ1n) is 9.17. The molecule has 0 fully saturated rings. The Bertz CT molecular complexity index is 911. The summed E-state index contributed by atoms with van der Waals surface area (Å²) in [6.07, 6.45) is 2.24. The Kier molecular flexibility index (Phi) is 8.68. The predicted octanol–water partition coefficient (Wildman–Crippen LogP) is 4.10. The largest absolute Gasteiger partial charge is 0.493 e. The number of hydrogen-bond acceptors (Lipinski definition) is 5. The van der Waals surface area contributed by atoms with E-state index in [9.17, 15) is 14.0 Å². The number of methoxy groups -OCH3 is 2. The molecule has 0 bridgehead atoms. The van der Waals surface area contributed by atoms with E-state index in [1.54, 1.807) is 19.2 Å². The number of nitrogens with zero attached hydrogens (tertiary/aromatic N) is 1. The van der Waals surface area contributed by atoms with E-state index < -0.39 is 18.4 Å². The van der Waals surface area contributed by atoms with Crippen LogP contribution in [0.2, 0.25) is 5.02 Å². The molecule has 2 aromatic carbocycles. The summed E-state index contributed by atoms with van der Waals surface area (Å²) in [4.78, 5) is 25.9. The zero-order chi connectivity index (χ0) is 22.1. The van der Waals surface area contributed by atoms with Crippen LogP contribution in [0.15, 0.2) is 42.5 Å². The summed E-state index contributed by atoms with van der Waals surface area (Å²) in [5, 5.41) is 0.169. The van der Waals surface area contributed by atoms with Crippen molar-refractivity contribution in [2.45, 2.75) is 13.5 Å². The molecule has 0 N–H and O–H groups in total. The number of halogens is 2. The molecule has 0 saturated carbocycles. The summed E-state index contributed by atoms with van der Waals surface area (Å²) in [6, 6.07) is 9.56. The van der Waals surface area contributed by atoms with Crippen LogP contribution < -0.4 is 9.47 Å². The standard InChI is InChI=1S/C22H23ClFNO5/c1-4-25(13-15-8-10-19(28-2)20(12-15)29-3)21(26)14-30-22(27)11-9-16-17(23)6-5-7-18(16)24/h5-12H,4,13-14H2,1-3H3/b11-9+.